The van der Waals surface area contributed by atoms with E-state index in [1.807, 2.05) is 0 Å². The highest BCUT2D eigenvalue weighted by Crippen LogP contribution is 2.27. The number of nitrogens with one attached hydrogen (secondary N) is 1. The van der Waals surface area contributed by atoms with Crippen molar-refractivity contribution in [2.45, 2.75) is 39.2 Å². The summed E-state index contributed by atoms with van der Waals surface area (Å²) in [7, 11) is 0. The first-order valence-corrected chi connectivity index (χ1v) is 9.31. The van der Waals surface area contributed by atoms with Crippen LogP contribution in [0.15, 0.2) is 28.7 Å². The number of furan rings is 1. The Morgan fingerprint density at radius 1 is 1.33 bits per heavy atom. The van der Waals surface area contributed by atoms with Gasteiger partial charge in [-0.3, -0.25) is 0 Å². The van der Waals surface area contributed by atoms with Gasteiger partial charge >= 0.3 is 0 Å². The third-order valence-electron chi connectivity index (χ3n) is 4.30. The number of unbranched alkanes of at least 4 members (excludes halogenated alkanes) is 1. The van der Waals surface area contributed by atoms with E-state index >= 15 is 0 Å². The molecule has 0 aliphatic carbocycles. The van der Waals surface area contributed by atoms with E-state index in [1.54, 1.807) is 0 Å². The highest BCUT2D eigenvalue weighted by Gasteiger charge is 2.17. The van der Waals surface area contributed by atoms with Crippen LogP contribution < -0.4 is 5.32 Å². The maximum atomic E-state index is 6.08. The molecule has 1 fully saturated rings. The van der Waals surface area contributed by atoms with E-state index in [0.29, 0.717) is 0 Å². The quantitative estimate of drug-likeness (QED) is 0.808. The summed E-state index contributed by atoms with van der Waals surface area (Å²) in [6, 6.07) is 8.44. The summed E-state index contributed by atoms with van der Waals surface area (Å²) in [6.45, 7) is 4.31. The molecule has 0 spiro atoms. The standard InChI is InChI=1S/C18H25NOS/c1-2-3-7-18-16(12-19-11-14-9-10-21-13-14)15-6-4-5-8-17(15)20-18/h4-6,8,14,19H,2-3,7,9-13H2,1H3. The number of rotatable bonds is 7. The van der Waals surface area contributed by atoms with E-state index in [-0.39, 0.29) is 0 Å². The summed E-state index contributed by atoms with van der Waals surface area (Å²) < 4.78 is 6.08. The molecule has 1 unspecified atom stereocenters. The van der Waals surface area contributed by atoms with Crippen LogP contribution in [0, 0.1) is 5.92 Å². The first-order chi connectivity index (χ1) is 10.4. The summed E-state index contributed by atoms with van der Waals surface area (Å²) in [5, 5.41) is 4.95. The molecular weight excluding hydrogens is 278 g/mol. The third-order valence-corrected chi connectivity index (χ3v) is 5.53. The minimum Gasteiger partial charge on any atom is -0.461 e. The molecule has 2 nitrogen and oxygen atoms in total. The highest BCUT2D eigenvalue weighted by atomic mass is 32.2. The van der Waals surface area contributed by atoms with Gasteiger partial charge < -0.3 is 9.73 Å². The van der Waals surface area contributed by atoms with E-state index in [1.165, 1.54) is 47.5 Å². The van der Waals surface area contributed by atoms with Crippen LogP contribution in [0.5, 0.6) is 0 Å². The number of thioether (sulfide) groups is 1. The number of hydrogen-bond donors (Lipinski definition) is 1. The van der Waals surface area contributed by atoms with Crippen LogP contribution in [0.2, 0.25) is 0 Å². The van der Waals surface area contributed by atoms with Crippen LogP contribution in [0.3, 0.4) is 0 Å². The van der Waals surface area contributed by atoms with E-state index in [2.05, 4.69) is 48.3 Å². The Morgan fingerprint density at radius 2 is 2.24 bits per heavy atom. The summed E-state index contributed by atoms with van der Waals surface area (Å²) in [5.74, 6) is 4.70. The van der Waals surface area contributed by atoms with Crippen molar-refractivity contribution in [1.82, 2.24) is 5.32 Å². The maximum absolute atomic E-state index is 6.08. The minimum absolute atomic E-state index is 0.854. The minimum atomic E-state index is 0.854. The predicted molar refractivity (Wildman–Crippen MR) is 92.0 cm³/mol. The zero-order valence-electron chi connectivity index (χ0n) is 12.9. The van der Waals surface area contributed by atoms with E-state index < -0.39 is 0 Å². The lowest BCUT2D eigenvalue weighted by Gasteiger charge is -2.10. The van der Waals surface area contributed by atoms with Crippen molar-refractivity contribution >= 4 is 22.7 Å². The van der Waals surface area contributed by atoms with Gasteiger partial charge in [0.2, 0.25) is 0 Å². The van der Waals surface area contributed by atoms with Gasteiger partial charge in [-0.1, -0.05) is 31.5 Å². The Morgan fingerprint density at radius 3 is 3.05 bits per heavy atom. The van der Waals surface area contributed by atoms with Gasteiger partial charge in [-0.25, -0.2) is 0 Å². The predicted octanol–water partition coefficient (Wildman–Crippen LogP) is 4.62. The van der Waals surface area contributed by atoms with Gasteiger partial charge in [0.25, 0.3) is 0 Å². The van der Waals surface area contributed by atoms with Gasteiger partial charge in [-0.15, -0.1) is 0 Å². The molecule has 1 atom stereocenters. The molecule has 21 heavy (non-hydrogen) atoms. The summed E-state index contributed by atoms with van der Waals surface area (Å²) in [4.78, 5) is 0. The SMILES string of the molecule is CCCCc1oc2ccccc2c1CNCC1CCSC1. The Kier molecular flexibility index (Phi) is 5.26. The van der Waals surface area contributed by atoms with Gasteiger partial charge in [0.15, 0.2) is 0 Å². The molecule has 3 rings (SSSR count). The molecule has 2 aromatic rings. The Balaban J connectivity index is 1.71. The fourth-order valence-corrected chi connectivity index (χ4v) is 4.31. The number of hydrogen-bond acceptors (Lipinski definition) is 3. The molecule has 0 saturated carbocycles. The molecular formula is C18H25NOS. The second-order valence-electron chi connectivity index (χ2n) is 5.96. The lowest BCUT2D eigenvalue weighted by molar-refractivity contribution is 0.504. The number of para-hydroxylation sites is 1. The van der Waals surface area contributed by atoms with Crippen LogP contribution in [0.25, 0.3) is 11.0 Å². The number of aryl methyl sites for hydroxylation is 1. The number of fused-ring (bicyclic) bond motifs is 1. The smallest absolute Gasteiger partial charge is 0.134 e. The van der Waals surface area contributed by atoms with Crippen molar-refractivity contribution in [1.29, 1.82) is 0 Å². The van der Waals surface area contributed by atoms with Crippen LogP contribution >= 0.6 is 11.8 Å². The molecule has 2 heterocycles. The fraction of sp³-hybridized carbons (Fsp3) is 0.556. The van der Waals surface area contributed by atoms with Gasteiger partial charge in [-0.2, -0.15) is 11.8 Å². The van der Waals surface area contributed by atoms with Crippen molar-refractivity contribution in [3.8, 4) is 0 Å². The third kappa shape index (κ3) is 3.64. The van der Waals surface area contributed by atoms with Crippen molar-refractivity contribution in [3.63, 3.8) is 0 Å². The van der Waals surface area contributed by atoms with E-state index in [9.17, 15) is 0 Å². The summed E-state index contributed by atoms with van der Waals surface area (Å²) >= 11 is 2.09. The molecule has 1 saturated heterocycles. The van der Waals surface area contributed by atoms with Crippen LogP contribution in [0.4, 0.5) is 0 Å². The lowest BCUT2D eigenvalue weighted by atomic mass is 10.1. The number of benzene rings is 1. The second-order valence-corrected chi connectivity index (χ2v) is 7.11. The summed E-state index contributed by atoms with van der Waals surface area (Å²) in [5.41, 5.74) is 2.42. The molecule has 1 aliphatic heterocycles. The van der Waals surface area contributed by atoms with Crippen molar-refractivity contribution in [2.75, 3.05) is 18.1 Å². The average molecular weight is 303 g/mol. The van der Waals surface area contributed by atoms with Crippen LogP contribution in [0.1, 0.15) is 37.5 Å². The monoisotopic (exact) mass is 303 g/mol. The highest BCUT2D eigenvalue weighted by molar-refractivity contribution is 7.99. The molecule has 1 aromatic carbocycles. The first-order valence-electron chi connectivity index (χ1n) is 8.16. The Bertz CT molecular complexity index is 572. The molecule has 3 heteroatoms. The molecule has 1 aromatic heterocycles. The normalized spacial score (nSPS) is 18.6. The average Bonchev–Trinajstić information content (AvgIpc) is 3.13. The van der Waals surface area contributed by atoms with E-state index in [4.69, 9.17) is 4.42 Å². The van der Waals surface area contributed by atoms with Crippen molar-refractivity contribution in [3.05, 3.63) is 35.6 Å². The van der Waals surface area contributed by atoms with Gasteiger partial charge in [-0.05, 0) is 42.9 Å². The largest absolute Gasteiger partial charge is 0.461 e. The Hall–Kier alpha value is -0.930. The second kappa shape index (κ2) is 7.37. The molecule has 0 radical (unpaired) electrons. The topological polar surface area (TPSA) is 25.2 Å². The van der Waals surface area contributed by atoms with Crippen molar-refractivity contribution in [2.24, 2.45) is 5.92 Å². The van der Waals surface area contributed by atoms with Crippen LogP contribution in [-0.2, 0) is 13.0 Å². The van der Waals surface area contributed by atoms with Gasteiger partial charge in [0.05, 0.1) is 0 Å². The molecule has 1 N–H and O–H groups in total. The van der Waals surface area contributed by atoms with Crippen LogP contribution in [-0.4, -0.2) is 18.1 Å². The molecule has 114 valence electrons. The zero-order valence-corrected chi connectivity index (χ0v) is 13.7. The Labute approximate surface area is 131 Å². The molecule has 1 aliphatic rings. The first kappa shape index (κ1) is 15.0. The molecule has 0 amide bonds. The zero-order chi connectivity index (χ0) is 14.5. The van der Waals surface area contributed by atoms with Crippen molar-refractivity contribution < 1.29 is 4.42 Å². The lowest BCUT2D eigenvalue weighted by Crippen LogP contribution is -2.22. The maximum Gasteiger partial charge on any atom is 0.134 e. The van der Waals surface area contributed by atoms with Gasteiger partial charge in [0, 0.05) is 23.9 Å². The van der Waals surface area contributed by atoms with E-state index in [0.717, 1.165) is 31.0 Å². The molecule has 0 bridgehead atoms. The van der Waals surface area contributed by atoms with Gasteiger partial charge in [0.1, 0.15) is 11.3 Å². The fourth-order valence-electron chi connectivity index (χ4n) is 3.03. The summed E-state index contributed by atoms with van der Waals surface area (Å²) in [6.07, 6.45) is 4.84.